The molecule has 2 aromatic heterocycles. The first-order valence-corrected chi connectivity index (χ1v) is 7.04. The molecular weight excluding hydrogens is 264 g/mol. The van der Waals surface area contributed by atoms with Crippen LogP contribution in [0.1, 0.15) is 23.7 Å². The molecule has 0 saturated heterocycles. The van der Waals surface area contributed by atoms with E-state index in [-0.39, 0.29) is 12.6 Å². The number of aliphatic hydroxyl groups excluding tert-OH is 1. The Balaban J connectivity index is 1.60. The zero-order valence-electron chi connectivity index (χ0n) is 10.8. The van der Waals surface area contributed by atoms with Gasteiger partial charge in [-0.05, 0) is 19.1 Å². The molecule has 0 bridgehead atoms. The molecule has 0 aliphatic rings. The van der Waals surface area contributed by atoms with Gasteiger partial charge in [0.05, 0.1) is 25.0 Å². The van der Waals surface area contributed by atoms with E-state index in [0.29, 0.717) is 13.2 Å². The topological polar surface area (TPSA) is 67.5 Å². The number of aromatic nitrogens is 1. The summed E-state index contributed by atoms with van der Waals surface area (Å²) in [6, 6.07) is 3.79. The first-order chi connectivity index (χ1) is 9.25. The van der Waals surface area contributed by atoms with E-state index in [1.54, 1.807) is 23.8 Å². The van der Waals surface area contributed by atoms with Crippen LogP contribution in [-0.2, 0) is 11.3 Å². The molecule has 0 radical (unpaired) electrons. The summed E-state index contributed by atoms with van der Waals surface area (Å²) in [7, 11) is 0. The van der Waals surface area contributed by atoms with Gasteiger partial charge in [0, 0.05) is 18.1 Å². The minimum Gasteiger partial charge on any atom is -0.467 e. The van der Waals surface area contributed by atoms with Gasteiger partial charge in [-0.15, -0.1) is 11.3 Å². The van der Waals surface area contributed by atoms with Crippen LogP contribution >= 0.6 is 11.3 Å². The lowest BCUT2D eigenvalue weighted by Crippen LogP contribution is -2.32. The molecule has 19 heavy (non-hydrogen) atoms. The molecule has 0 aliphatic carbocycles. The minimum absolute atomic E-state index is 0.139. The molecule has 0 aliphatic heterocycles. The van der Waals surface area contributed by atoms with Gasteiger partial charge in [0.25, 0.3) is 0 Å². The molecule has 104 valence electrons. The Kier molecular flexibility index (Phi) is 5.53. The molecule has 2 aromatic rings. The summed E-state index contributed by atoms with van der Waals surface area (Å²) in [5.41, 5.74) is 0. The first-order valence-electron chi connectivity index (χ1n) is 6.16. The van der Waals surface area contributed by atoms with Gasteiger partial charge in [0.2, 0.25) is 0 Å². The van der Waals surface area contributed by atoms with E-state index in [1.807, 2.05) is 24.4 Å². The van der Waals surface area contributed by atoms with Crippen LogP contribution in [0.3, 0.4) is 0 Å². The predicted molar refractivity (Wildman–Crippen MR) is 72.9 cm³/mol. The Morgan fingerprint density at radius 1 is 1.58 bits per heavy atom. The number of rotatable bonds is 8. The summed E-state index contributed by atoms with van der Waals surface area (Å²) in [5, 5.41) is 16.0. The van der Waals surface area contributed by atoms with Crippen molar-refractivity contribution in [3.05, 3.63) is 40.7 Å². The van der Waals surface area contributed by atoms with E-state index in [1.165, 1.54) is 0 Å². The van der Waals surface area contributed by atoms with E-state index in [4.69, 9.17) is 9.15 Å². The largest absolute Gasteiger partial charge is 0.467 e. The van der Waals surface area contributed by atoms with E-state index in [9.17, 15) is 5.11 Å². The maximum atomic E-state index is 9.79. The Hall–Kier alpha value is -1.21. The number of hydrogen-bond donors (Lipinski definition) is 2. The Bertz CT molecular complexity index is 444. The molecular formula is C13H18N2O3S. The van der Waals surface area contributed by atoms with E-state index in [0.717, 1.165) is 10.8 Å². The van der Waals surface area contributed by atoms with Crippen LogP contribution in [0.25, 0.3) is 0 Å². The highest BCUT2D eigenvalue weighted by atomic mass is 32.1. The average molecular weight is 282 g/mol. The Morgan fingerprint density at radius 3 is 3.16 bits per heavy atom. The van der Waals surface area contributed by atoms with Crippen molar-refractivity contribution < 1.29 is 14.3 Å². The number of ether oxygens (including phenoxy) is 1. The second-order valence-corrected chi connectivity index (χ2v) is 5.17. The van der Waals surface area contributed by atoms with Gasteiger partial charge in [-0.2, -0.15) is 0 Å². The second-order valence-electron chi connectivity index (χ2n) is 4.25. The van der Waals surface area contributed by atoms with E-state index >= 15 is 0 Å². The molecule has 0 fully saturated rings. The Labute approximate surface area is 116 Å². The van der Waals surface area contributed by atoms with Crippen molar-refractivity contribution in [1.82, 2.24) is 10.3 Å². The van der Waals surface area contributed by atoms with Gasteiger partial charge in [-0.3, -0.25) is 0 Å². The summed E-state index contributed by atoms with van der Waals surface area (Å²) in [4.78, 5) is 4.22. The number of furan rings is 1. The van der Waals surface area contributed by atoms with Crippen LogP contribution in [0.5, 0.6) is 0 Å². The fourth-order valence-corrected chi connectivity index (χ4v) is 2.27. The normalized spacial score (nSPS) is 14.4. The lowest BCUT2D eigenvalue weighted by atomic mass is 10.3. The van der Waals surface area contributed by atoms with Crippen LogP contribution in [0.2, 0.25) is 0 Å². The monoisotopic (exact) mass is 282 g/mol. The third-order valence-electron chi connectivity index (χ3n) is 2.62. The smallest absolute Gasteiger partial charge is 0.129 e. The van der Waals surface area contributed by atoms with Crippen LogP contribution in [-0.4, -0.2) is 29.3 Å². The third kappa shape index (κ3) is 4.76. The van der Waals surface area contributed by atoms with Crippen LogP contribution in [0.15, 0.2) is 34.4 Å². The maximum Gasteiger partial charge on any atom is 0.129 e. The highest BCUT2D eigenvalue weighted by Gasteiger charge is 2.10. The molecule has 6 heteroatoms. The minimum atomic E-state index is -0.544. The molecule has 5 nitrogen and oxygen atoms in total. The molecule has 2 heterocycles. The molecule has 2 atom stereocenters. The zero-order chi connectivity index (χ0) is 13.5. The number of nitrogens with zero attached hydrogens (tertiary/aromatic N) is 1. The number of thiazole rings is 1. The molecule has 2 N–H and O–H groups in total. The van der Waals surface area contributed by atoms with Gasteiger partial charge in [0.1, 0.15) is 17.4 Å². The van der Waals surface area contributed by atoms with Gasteiger partial charge >= 0.3 is 0 Å². The Morgan fingerprint density at radius 2 is 2.47 bits per heavy atom. The summed E-state index contributed by atoms with van der Waals surface area (Å²) in [6.07, 6.45) is 2.84. The van der Waals surface area contributed by atoms with Gasteiger partial charge in [0.15, 0.2) is 0 Å². The number of aliphatic hydroxyl groups is 1. The van der Waals surface area contributed by atoms with Crippen molar-refractivity contribution in [1.29, 1.82) is 0 Å². The van der Waals surface area contributed by atoms with Gasteiger partial charge in [-0.1, -0.05) is 0 Å². The lowest BCUT2D eigenvalue weighted by Gasteiger charge is -2.15. The highest BCUT2D eigenvalue weighted by molar-refractivity contribution is 7.09. The molecule has 0 amide bonds. The van der Waals surface area contributed by atoms with Crippen molar-refractivity contribution in [3.8, 4) is 0 Å². The second kappa shape index (κ2) is 7.40. The van der Waals surface area contributed by atoms with Crippen molar-refractivity contribution in [3.63, 3.8) is 0 Å². The summed E-state index contributed by atoms with van der Waals surface area (Å²) >= 11 is 1.60. The summed E-state index contributed by atoms with van der Waals surface area (Å²) in [5.74, 6) is 0.760. The SMILES string of the molecule is CC(NCC(O)COCc1ccco1)c1nccs1. The predicted octanol–water partition coefficient (Wildman–Crippen LogP) is 1.96. The van der Waals surface area contributed by atoms with Crippen LogP contribution < -0.4 is 5.32 Å². The fraction of sp³-hybridized carbons (Fsp3) is 0.462. The van der Waals surface area contributed by atoms with E-state index in [2.05, 4.69) is 10.3 Å². The molecule has 2 unspecified atom stereocenters. The molecule has 0 saturated carbocycles. The third-order valence-corrected chi connectivity index (χ3v) is 3.57. The van der Waals surface area contributed by atoms with Gasteiger partial charge < -0.3 is 19.6 Å². The average Bonchev–Trinajstić information content (AvgIpc) is 3.08. The number of hydrogen-bond acceptors (Lipinski definition) is 6. The fourth-order valence-electron chi connectivity index (χ4n) is 1.60. The standard InChI is InChI=1S/C13H18N2O3S/c1-10(13-14-4-6-19-13)15-7-11(16)8-17-9-12-3-2-5-18-12/h2-6,10-11,15-16H,7-9H2,1H3. The first kappa shape index (κ1) is 14.2. The number of nitrogens with one attached hydrogen (secondary N) is 1. The summed E-state index contributed by atoms with van der Waals surface area (Å²) in [6.45, 7) is 3.15. The van der Waals surface area contributed by atoms with Crippen molar-refractivity contribution in [2.75, 3.05) is 13.2 Å². The van der Waals surface area contributed by atoms with Crippen LogP contribution in [0.4, 0.5) is 0 Å². The quantitative estimate of drug-likeness (QED) is 0.775. The van der Waals surface area contributed by atoms with Crippen molar-refractivity contribution in [2.45, 2.75) is 25.7 Å². The molecule has 0 spiro atoms. The zero-order valence-corrected chi connectivity index (χ0v) is 11.6. The summed E-state index contributed by atoms with van der Waals surface area (Å²) < 4.78 is 10.5. The van der Waals surface area contributed by atoms with E-state index < -0.39 is 6.10 Å². The molecule has 2 rings (SSSR count). The highest BCUT2D eigenvalue weighted by Crippen LogP contribution is 2.14. The van der Waals surface area contributed by atoms with Crippen molar-refractivity contribution in [2.24, 2.45) is 0 Å². The van der Waals surface area contributed by atoms with Crippen molar-refractivity contribution >= 4 is 11.3 Å². The lowest BCUT2D eigenvalue weighted by molar-refractivity contribution is 0.0217. The van der Waals surface area contributed by atoms with Crippen LogP contribution in [0, 0.1) is 0 Å². The maximum absolute atomic E-state index is 9.79. The van der Waals surface area contributed by atoms with Gasteiger partial charge in [-0.25, -0.2) is 4.98 Å². The molecule has 0 aromatic carbocycles.